The van der Waals surface area contributed by atoms with E-state index >= 15 is 0 Å². The van der Waals surface area contributed by atoms with E-state index in [9.17, 15) is 10.1 Å². The second-order valence-corrected chi connectivity index (χ2v) is 6.82. The normalized spacial score (nSPS) is 25.5. The Kier molecular flexibility index (Phi) is 3.99. The Morgan fingerprint density at radius 1 is 1.12 bits per heavy atom. The molecule has 1 N–H and O–H groups in total. The topological polar surface area (TPSA) is 97.5 Å². The van der Waals surface area contributed by atoms with E-state index in [-0.39, 0.29) is 5.91 Å². The van der Waals surface area contributed by atoms with E-state index in [0.29, 0.717) is 5.96 Å². The molecule has 1 saturated heterocycles. The van der Waals surface area contributed by atoms with Crippen LogP contribution in [0.3, 0.4) is 0 Å². The van der Waals surface area contributed by atoms with Gasteiger partial charge in [-0.25, -0.2) is 15.0 Å². The highest BCUT2D eigenvalue weighted by Gasteiger charge is 2.49. The molecule has 1 aromatic rings. The van der Waals surface area contributed by atoms with Gasteiger partial charge in [-0.15, -0.1) is 0 Å². The first-order chi connectivity index (χ1) is 12.2. The van der Waals surface area contributed by atoms with E-state index in [2.05, 4.69) is 31.2 Å². The van der Waals surface area contributed by atoms with Crippen molar-refractivity contribution in [1.29, 1.82) is 5.26 Å². The third kappa shape index (κ3) is 2.80. The molecule has 0 bridgehead atoms. The lowest BCUT2D eigenvalue weighted by Gasteiger charge is -2.41. The van der Waals surface area contributed by atoms with Crippen LogP contribution < -0.4 is 10.2 Å². The number of hydrogen-bond donors (Lipinski definition) is 1. The van der Waals surface area contributed by atoms with Crippen molar-refractivity contribution in [3.8, 4) is 6.07 Å². The summed E-state index contributed by atoms with van der Waals surface area (Å²) in [5.74, 6) is 0.488. The van der Waals surface area contributed by atoms with Crippen LogP contribution in [-0.4, -0.2) is 58.5 Å². The number of nitrogens with one attached hydrogen (secondary N) is 1. The molecule has 1 saturated carbocycles. The van der Waals surface area contributed by atoms with Gasteiger partial charge < -0.3 is 9.80 Å². The van der Waals surface area contributed by atoms with Crippen LogP contribution in [0.5, 0.6) is 0 Å². The number of aromatic nitrogens is 2. The lowest BCUT2D eigenvalue weighted by molar-refractivity contribution is -0.124. The third-order valence-electron chi connectivity index (χ3n) is 5.38. The molecule has 4 rings (SSSR count). The van der Waals surface area contributed by atoms with Crippen LogP contribution in [0.2, 0.25) is 0 Å². The molecular formula is C17H21N7O. The minimum absolute atomic E-state index is 0.205. The van der Waals surface area contributed by atoms with E-state index < -0.39 is 11.5 Å². The molecule has 1 atom stereocenters. The van der Waals surface area contributed by atoms with Gasteiger partial charge in [-0.3, -0.25) is 10.1 Å². The minimum Gasteiger partial charge on any atom is -0.339 e. The smallest absolute Gasteiger partial charge is 0.246 e. The molecule has 1 amide bonds. The Bertz CT molecular complexity index is 712. The fraction of sp³-hybridized carbons (Fsp3) is 0.588. The third-order valence-corrected chi connectivity index (χ3v) is 5.38. The molecule has 0 aromatic carbocycles. The van der Waals surface area contributed by atoms with Crippen LogP contribution in [-0.2, 0) is 4.79 Å². The first kappa shape index (κ1) is 15.8. The van der Waals surface area contributed by atoms with Crippen molar-refractivity contribution in [2.24, 2.45) is 10.9 Å². The molecule has 130 valence electrons. The molecule has 8 nitrogen and oxygen atoms in total. The van der Waals surface area contributed by atoms with Crippen molar-refractivity contribution in [2.75, 3.05) is 31.1 Å². The van der Waals surface area contributed by atoms with Crippen LogP contribution >= 0.6 is 0 Å². The molecule has 25 heavy (non-hydrogen) atoms. The molecule has 1 aromatic heterocycles. The monoisotopic (exact) mass is 339 g/mol. The summed E-state index contributed by atoms with van der Waals surface area (Å²) in [6.07, 6.45) is 7.18. The number of carbonyl (C=O) groups is 1. The summed E-state index contributed by atoms with van der Waals surface area (Å²) in [5.41, 5.74) is -0.522. The number of piperazine rings is 1. The average molecular weight is 339 g/mol. The van der Waals surface area contributed by atoms with Crippen molar-refractivity contribution in [3.63, 3.8) is 0 Å². The van der Waals surface area contributed by atoms with Gasteiger partial charge >= 0.3 is 0 Å². The number of nitrogens with zero attached hydrogens (tertiary/aromatic N) is 6. The molecule has 3 heterocycles. The second-order valence-electron chi connectivity index (χ2n) is 6.82. The number of anilines is 1. The molecule has 1 spiro atoms. The molecular weight excluding hydrogens is 318 g/mol. The fourth-order valence-electron chi connectivity index (χ4n) is 4.02. The summed E-state index contributed by atoms with van der Waals surface area (Å²) < 4.78 is 0. The van der Waals surface area contributed by atoms with Gasteiger partial charge in [-0.2, -0.15) is 5.26 Å². The zero-order chi connectivity index (χ0) is 17.3. The highest BCUT2D eigenvalue weighted by molar-refractivity contribution is 6.02. The Labute approximate surface area is 146 Å². The van der Waals surface area contributed by atoms with Gasteiger partial charge in [0, 0.05) is 38.6 Å². The zero-order valence-electron chi connectivity index (χ0n) is 14.1. The van der Waals surface area contributed by atoms with Crippen LogP contribution in [0.4, 0.5) is 5.95 Å². The van der Waals surface area contributed by atoms with Gasteiger partial charge in [-0.1, -0.05) is 12.8 Å². The Morgan fingerprint density at radius 3 is 2.40 bits per heavy atom. The summed E-state index contributed by atoms with van der Waals surface area (Å²) in [6, 6.07) is 3.98. The number of carbonyl (C=O) groups excluding carboxylic acids is 1. The number of rotatable bonds is 1. The predicted octanol–water partition coefficient (Wildman–Crippen LogP) is 0.537. The molecule has 8 heteroatoms. The Hall–Kier alpha value is -2.69. The zero-order valence-corrected chi connectivity index (χ0v) is 14.1. The number of aliphatic imine (C=N–C) groups is 1. The lowest BCUT2D eigenvalue weighted by atomic mass is 9.82. The van der Waals surface area contributed by atoms with Crippen LogP contribution in [0, 0.1) is 17.2 Å². The fourth-order valence-corrected chi connectivity index (χ4v) is 4.02. The number of amides is 1. The summed E-state index contributed by atoms with van der Waals surface area (Å²) >= 11 is 0. The first-order valence-electron chi connectivity index (χ1n) is 8.79. The second kappa shape index (κ2) is 6.31. The van der Waals surface area contributed by atoms with E-state index in [1.165, 1.54) is 0 Å². The van der Waals surface area contributed by atoms with Gasteiger partial charge in [0.15, 0.2) is 5.92 Å². The lowest BCUT2D eigenvalue weighted by Crippen LogP contribution is -2.60. The average Bonchev–Trinajstić information content (AvgIpc) is 3.11. The number of guanidine groups is 1. The molecule has 1 unspecified atom stereocenters. The van der Waals surface area contributed by atoms with E-state index in [0.717, 1.165) is 57.8 Å². The summed E-state index contributed by atoms with van der Waals surface area (Å²) in [4.78, 5) is 30.1. The van der Waals surface area contributed by atoms with Gasteiger partial charge in [-0.05, 0) is 18.9 Å². The van der Waals surface area contributed by atoms with Crippen molar-refractivity contribution in [2.45, 2.75) is 31.2 Å². The van der Waals surface area contributed by atoms with E-state index in [1.54, 1.807) is 18.5 Å². The SMILES string of the molecule is N#CC1C(=O)NC(N2CCN(c3ncccn3)CC2)=NC12CCCC2. The van der Waals surface area contributed by atoms with Crippen molar-refractivity contribution in [3.05, 3.63) is 18.5 Å². The Morgan fingerprint density at radius 2 is 1.76 bits per heavy atom. The summed E-state index contributed by atoms with van der Waals surface area (Å²) in [5, 5.41) is 12.3. The predicted molar refractivity (Wildman–Crippen MR) is 91.7 cm³/mol. The number of nitriles is 1. The minimum atomic E-state index is -0.669. The van der Waals surface area contributed by atoms with Gasteiger partial charge in [0.2, 0.25) is 17.8 Å². The van der Waals surface area contributed by atoms with Crippen LogP contribution in [0.15, 0.2) is 23.5 Å². The van der Waals surface area contributed by atoms with Gasteiger partial charge in [0.05, 0.1) is 11.6 Å². The van der Waals surface area contributed by atoms with Crippen LogP contribution in [0.25, 0.3) is 0 Å². The molecule has 2 fully saturated rings. The molecule has 0 radical (unpaired) electrons. The van der Waals surface area contributed by atoms with Crippen molar-refractivity contribution < 1.29 is 4.79 Å². The molecule has 2 aliphatic heterocycles. The van der Waals surface area contributed by atoms with E-state index in [1.807, 2.05) is 0 Å². The highest BCUT2D eigenvalue weighted by atomic mass is 16.2. The first-order valence-corrected chi connectivity index (χ1v) is 8.79. The standard InChI is InChI=1S/C17H21N7O/c18-12-13-14(25)21-16(22-17(13)4-1-2-5-17)24-10-8-23(9-11-24)15-19-6-3-7-20-15/h3,6-7,13H,1-2,4-5,8-11H2,(H,21,22,25). The largest absolute Gasteiger partial charge is 0.339 e. The quantitative estimate of drug-likeness (QED) is 0.802. The van der Waals surface area contributed by atoms with Gasteiger partial charge in [0.1, 0.15) is 0 Å². The maximum atomic E-state index is 12.5. The highest BCUT2D eigenvalue weighted by Crippen LogP contribution is 2.41. The summed E-state index contributed by atoms with van der Waals surface area (Å²) in [7, 11) is 0. The molecule has 3 aliphatic rings. The van der Waals surface area contributed by atoms with E-state index in [4.69, 9.17) is 4.99 Å². The van der Waals surface area contributed by atoms with Crippen LogP contribution in [0.1, 0.15) is 25.7 Å². The Balaban J connectivity index is 1.50. The van der Waals surface area contributed by atoms with Gasteiger partial charge in [0.25, 0.3) is 0 Å². The summed E-state index contributed by atoms with van der Waals surface area (Å²) in [6.45, 7) is 3.02. The van der Waals surface area contributed by atoms with Crippen molar-refractivity contribution >= 4 is 17.8 Å². The number of hydrogen-bond acceptors (Lipinski definition) is 7. The molecule has 1 aliphatic carbocycles. The van der Waals surface area contributed by atoms with Crippen molar-refractivity contribution in [1.82, 2.24) is 20.2 Å². The maximum Gasteiger partial charge on any atom is 0.246 e. The maximum absolute atomic E-state index is 12.5.